The van der Waals surface area contributed by atoms with Crippen LogP contribution in [0.1, 0.15) is 18.5 Å². The number of nitrogens with zero attached hydrogens (tertiary/aromatic N) is 2. The Hall–Kier alpha value is -2.71. The summed E-state index contributed by atoms with van der Waals surface area (Å²) in [7, 11) is 1.57. The van der Waals surface area contributed by atoms with Gasteiger partial charge in [0.2, 0.25) is 11.8 Å². The molecule has 2 atom stereocenters. The zero-order chi connectivity index (χ0) is 18.9. The maximum absolute atomic E-state index is 12.4. The lowest BCUT2D eigenvalue weighted by atomic mass is 9.95. The second kappa shape index (κ2) is 9.69. The molecule has 0 aliphatic carbocycles. The highest BCUT2D eigenvalue weighted by Gasteiger charge is 2.22. The molecule has 0 radical (unpaired) electrons. The number of amides is 2. The number of ether oxygens (including phenoxy) is 1. The number of aromatic nitrogens is 2. The summed E-state index contributed by atoms with van der Waals surface area (Å²) in [6, 6.07) is 9.07. The minimum atomic E-state index is -0.418. The Labute approximate surface area is 152 Å². The lowest BCUT2D eigenvalue weighted by molar-refractivity contribution is -0.122. The van der Waals surface area contributed by atoms with Crippen molar-refractivity contribution >= 4 is 17.5 Å². The monoisotopic (exact) mass is 359 g/mol. The molecule has 1 heterocycles. The van der Waals surface area contributed by atoms with Gasteiger partial charge in [-0.25, -0.2) is 0 Å². The number of rotatable bonds is 9. The Kier molecular flexibility index (Phi) is 7.31. The van der Waals surface area contributed by atoms with Crippen LogP contribution in [0.15, 0.2) is 42.7 Å². The minimum absolute atomic E-state index is 0.0681. The highest BCUT2D eigenvalue weighted by molar-refractivity contribution is 5.92. The summed E-state index contributed by atoms with van der Waals surface area (Å²) in [6.45, 7) is 2.74. The first-order chi connectivity index (χ1) is 12.5. The number of benzene rings is 1. The highest BCUT2D eigenvalue weighted by Crippen LogP contribution is 2.20. The molecule has 26 heavy (non-hydrogen) atoms. The summed E-state index contributed by atoms with van der Waals surface area (Å²) in [6.07, 6.45) is 3.11. The van der Waals surface area contributed by atoms with E-state index in [1.165, 1.54) is 10.9 Å². The van der Waals surface area contributed by atoms with Gasteiger partial charge in [-0.2, -0.15) is 5.10 Å². The first-order valence-electron chi connectivity index (χ1n) is 8.40. The predicted octanol–water partition coefficient (Wildman–Crippen LogP) is 0.920. The molecule has 2 rings (SSSR count). The van der Waals surface area contributed by atoms with E-state index in [1.54, 1.807) is 20.2 Å². The lowest BCUT2D eigenvalue weighted by Gasteiger charge is -2.19. The highest BCUT2D eigenvalue weighted by atomic mass is 16.5. The number of carbonyl (C=O) groups is 2. The van der Waals surface area contributed by atoms with Crippen molar-refractivity contribution in [2.75, 3.05) is 25.6 Å². The van der Waals surface area contributed by atoms with Crippen LogP contribution in [-0.4, -0.2) is 41.9 Å². The van der Waals surface area contributed by atoms with Crippen LogP contribution < -0.4 is 16.4 Å². The van der Waals surface area contributed by atoms with E-state index in [4.69, 9.17) is 10.5 Å². The number of methoxy groups -OCH3 is 1. The molecule has 140 valence electrons. The minimum Gasteiger partial charge on any atom is -0.383 e. The fourth-order valence-electron chi connectivity index (χ4n) is 2.39. The summed E-state index contributed by atoms with van der Waals surface area (Å²) in [5, 5.41) is 9.57. The van der Waals surface area contributed by atoms with Gasteiger partial charge in [-0.15, -0.1) is 0 Å². The largest absolute Gasteiger partial charge is 0.383 e. The van der Waals surface area contributed by atoms with Crippen molar-refractivity contribution in [3.63, 3.8) is 0 Å². The number of hydrogen-bond acceptors (Lipinski definition) is 5. The first kappa shape index (κ1) is 19.6. The smallest absolute Gasteiger partial charge is 0.241 e. The van der Waals surface area contributed by atoms with Gasteiger partial charge in [-0.3, -0.25) is 14.3 Å². The molecule has 8 nitrogen and oxygen atoms in total. The van der Waals surface area contributed by atoms with E-state index in [0.717, 1.165) is 5.56 Å². The van der Waals surface area contributed by atoms with E-state index in [0.29, 0.717) is 18.8 Å². The van der Waals surface area contributed by atoms with Crippen LogP contribution in [-0.2, 0) is 20.9 Å². The van der Waals surface area contributed by atoms with Gasteiger partial charge < -0.3 is 21.1 Å². The lowest BCUT2D eigenvalue weighted by Crippen LogP contribution is -2.30. The second-order valence-corrected chi connectivity index (χ2v) is 5.98. The van der Waals surface area contributed by atoms with E-state index in [2.05, 4.69) is 15.7 Å². The molecule has 0 aliphatic heterocycles. The summed E-state index contributed by atoms with van der Waals surface area (Å²) in [4.78, 5) is 24.2. The van der Waals surface area contributed by atoms with Crippen molar-refractivity contribution in [1.29, 1.82) is 0 Å². The molecule has 0 saturated carbocycles. The molecule has 0 saturated heterocycles. The van der Waals surface area contributed by atoms with Crippen LogP contribution in [0.5, 0.6) is 0 Å². The Bertz CT molecular complexity index is 717. The molecule has 2 aromatic rings. The van der Waals surface area contributed by atoms with Crippen molar-refractivity contribution in [3.8, 4) is 0 Å². The van der Waals surface area contributed by atoms with Crippen LogP contribution >= 0.6 is 0 Å². The molecule has 0 fully saturated rings. The first-order valence-corrected chi connectivity index (χ1v) is 8.40. The van der Waals surface area contributed by atoms with E-state index in [1.807, 2.05) is 30.3 Å². The molecule has 0 spiro atoms. The van der Waals surface area contributed by atoms with Gasteiger partial charge in [0.15, 0.2) is 0 Å². The van der Waals surface area contributed by atoms with Gasteiger partial charge in [0.1, 0.15) is 6.54 Å². The fourth-order valence-corrected chi connectivity index (χ4v) is 2.39. The van der Waals surface area contributed by atoms with Gasteiger partial charge in [-0.05, 0) is 5.56 Å². The third-order valence-electron chi connectivity index (χ3n) is 3.97. The Morgan fingerprint density at radius 2 is 2.04 bits per heavy atom. The van der Waals surface area contributed by atoms with Crippen LogP contribution in [0, 0.1) is 5.92 Å². The van der Waals surface area contributed by atoms with Crippen LogP contribution in [0.3, 0.4) is 0 Å². The zero-order valence-electron chi connectivity index (χ0n) is 15.0. The van der Waals surface area contributed by atoms with Crippen molar-refractivity contribution in [3.05, 3.63) is 48.3 Å². The molecule has 2 unspecified atom stereocenters. The van der Waals surface area contributed by atoms with Crippen molar-refractivity contribution < 1.29 is 14.3 Å². The number of anilines is 1. The topological polar surface area (TPSA) is 111 Å². The summed E-state index contributed by atoms with van der Waals surface area (Å²) in [5.41, 5.74) is 7.60. The molecule has 1 aromatic heterocycles. The van der Waals surface area contributed by atoms with E-state index >= 15 is 0 Å². The van der Waals surface area contributed by atoms with Gasteiger partial charge in [-0.1, -0.05) is 37.3 Å². The van der Waals surface area contributed by atoms with Gasteiger partial charge in [0, 0.05) is 25.9 Å². The number of hydrogen-bond donors (Lipinski definition) is 3. The van der Waals surface area contributed by atoms with Gasteiger partial charge >= 0.3 is 0 Å². The maximum atomic E-state index is 12.4. The van der Waals surface area contributed by atoms with Crippen molar-refractivity contribution in [2.24, 2.45) is 11.7 Å². The summed E-state index contributed by atoms with van der Waals surface area (Å²) < 4.78 is 6.33. The van der Waals surface area contributed by atoms with Crippen LogP contribution in [0.2, 0.25) is 0 Å². The van der Waals surface area contributed by atoms with Crippen LogP contribution in [0.25, 0.3) is 0 Å². The summed E-state index contributed by atoms with van der Waals surface area (Å²) in [5.74, 6) is -0.800. The Morgan fingerprint density at radius 1 is 1.31 bits per heavy atom. The van der Waals surface area contributed by atoms with E-state index in [-0.39, 0.29) is 18.4 Å². The SMILES string of the molecule is COCCNC(=O)Cn1cc(NC(=O)C(C)C(N)c2ccccc2)cn1. The quantitative estimate of drug-likeness (QED) is 0.577. The van der Waals surface area contributed by atoms with Gasteiger partial charge in [0.05, 0.1) is 24.4 Å². The number of nitrogens with two attached hydrogens (primary N) is 1. The zero-order valence-corrected chi connectivity index (χ0v) is 15.0. The summed E-state index contributed by atoms with van der Waals surface area (Å²) >= 11 is 0. The number of carbonyl (C=O) groups excluding carboxylic acids is 2. The third kappa shape index (κ3) is 5.68. The average Bonchev–Trinajstić information content (AvgIpc) is 3.08. The molecular formula is C18H25N5O3. The molecule has 0 bridgehead atoms. The predicted molar refractivity (Wildman–Crippen MR) is 98.3 cm³/mol. The molecule has 8 heteroatoms. The molecular weight excluding hydrogens is 334 g/mol. The molecule has 1 aromatic carbocycles. The van der Waals surface area contributed by atoms with Crippen molar-refractivity contribution in [2.45, 2.75) is 19.5 Å². The standard InChI is InChI=1S/C18H25N5O3/c1-13(17(19)14-6-4-3-5-7-14)18(25)22-15-10-21-23(11-15)12-16(24)20-8-9-26-2/h3-7,10-11,13,17H,8-9,12,19H2,1-2H3,(H,20,24)(H,22,25). The van der Waals surface area contributed by atoms with E-state index in [9.17, 15) is 9.59 Å². The maximum Gasteiger partial charge on any atom is 0.241 e. The Morgan fingerprint density at radius 3 is 2.73 bits per heavy atom. The van der Waals surface area contributed by atoms with E-state index < -0.39 is 12.0 Å². The normalized spacial score (nSPS) is 13.0. The number of nitrogens with one attached hydrogen (secondary N) is 2. The van der Waals surface area contributed by atoms with Gasteiger partial charge in [0.25, 0.3) is 0 Å². The third-order valence-corrected chi connectivity index (χ3v) is 3.97. The Balaban J connectivity index is 1.87. The second-order valence-electron chi connectivity index (χ2n) is 5.98. The van der Waals surface area contributed by atoms with Crippen molar-refractivity contribution in [1.82, 2.24) is 15.1 Å². The fraction of sp³-hybridized carbons (Fsp3) is 0.389. The molecule has 4 N–H and O–H groups in total. The molecule has 0 aliphatic rings. The molecule has 2 amide bonds. The van der Waals surface area contributed by atoms with Crippen LogP contribution in [0.4, 0.5) is 5.69 Å². The average molecular weight is 359 g/mol.